The Morgan fingerprint density at radius 1 is 1.06 bits per heavy atom. The van der Waals surface area contributed by atoms with Crippen molar-refractivity contribution in [3.63, 3.8) is 0 Å². The molecule has 0 saturated heterocycles. The number of carboxylic acids is 2. The van der Waals surface area contributed by atoms with E-state index in [1.54, 1.807) is 0 Å². The third-order valence-corrected chi connectivity index (χ3v) is 2.83. The van der Waals surface area contributed by atoms with Crippen molar-refractivity contribution in [3.8, 4) is 0 Å². The number of hydrogen-bond acceptors (Lipinski definition) is 3. The van der Waals surface area contributed by atoms with Gasteiger partial charge in [0.1, 0.15) is 0 Å². The van der Waals surface area contributed by atoms with E-state index < -0.39 is 29.6 Å². The number of rotatable bonds is 5. The standard InChI is InChI=1S/C12H11ClO5/c1-6(9(11(15)16)12(17)18)10(14)7-2-4-8(13)5-3-7/h2-6,9H,1H3,(H,15,16)(H,17,18)/t6-/m0/s1. The summed E-state index contributed by atoms with van der Waals surface area (Å²) in [5.41, 5.74) is 0.236. The van der Waals surface area contributed by atoms with Crippen LogP contribution in [0.2, 0.25) is 5.02 Å². The van der Waals surface area contributed by atoms with Crippen LogP contribution in [0.3, 0.4) is 0 Å². The van der Waals surface area contributed by atoms with Crippen LogP contribution in [-0.4, -0.2) is 27.9 Å². The lowest BCUT2D eigenvalue weighted by Gasteiger charge is -2.15. The Bertz CT molecular complexity index is 466. The summed E-state index contributed by atoms with van der Waals surface area (Å²) >= 11 is 5.66. The maximum Gasteiger partial charge on any atom is 0.318 e. The minimum absolute atomic E-state index is 0.236. The molecule has 6 heteroatoms. The number of halogens is 1. The molecule has 18 heavy (non-hydrogen) atoms. The molecule has 0 radical (unpaired) electrons. The van der Waals surface area contributed by atoms with Gasteiger partial charge >= 0.3 is 11.9 Å². The Labute approximate surface area is 108 Å². The molecular formula is C12H11ClO5. The Morgan fingerprint density at radius 3 is 1.89 bits per heavy atom. The molecule has 1 rings (SSSR count). The smallest absolute Gasteiger partial charge is 0.318 e. The average Bonchev–Trinajstić information content (AvgIpc) is 2.28. The van der Waals surface area contributed by atoms with Crippen LogP contribution >= 0.6 is 11.6 Å². The first-order valence-electron chi connectivity index (χ1n) is 5.10. The van der Waals surface area contributed by atoms with E-state index in [0.717, 1.165) is 0 Å². The number of aliphatic carboxylic acids is 2. The molecule has 5 nitrogen and oxygen atoms in total. The molecule has 0 aliphatic heterocycles. The number of carbonyl (C=O) groups is 3. The predicted molar refractivity (Wildman–Crippen MR) is 63.7 cm³/mol. The van der Waals surface area contributed by atoms with E-state index in [-0.39, 0.29) is 5.56 Å². The quantitative estimate of drug-likeness (QED) is 0.630. The highest BCUT2D eigenvalue weighted by atomic mass is 35.5. The molecular weight excluding hydrogens is 260 g/mol. The van der Waals surface area contributed by atoms with Crippen molar-refractivity contribution in [2.24, 2.45) is 11.8 Å². The summed E-state index contributed by atoms with van der Waals surface area (Å²) in [7, 11) is 0. The molecule has 0 amide bonds. The highest BCUT2D eigenvalue weighted by Gasteiger charge is 2.36. The second-order valence-corrected chi connectivity index (χ2v) is 4.25. The molecule has 0 unspecified atom stereocenters. The number of hydrogen-bond donors (Lipinski definition) is 2. The summed E-state index contributed by atoms with van der Waals surface area (Å²) in [6.07, 6.45) is 0. The number of benzene rings is 1. The van der Waals surface area contributed by atoms with Crippen LogP contribution < -0.4 is 0 Å². The third-order valence-electron chi connectivity index (χ3n) is 2.57. The van der Waals surface area contributed by atoms with Crippen molar-refractivity contribution >= 4 is 29.3 Å². The van der Waals surface area contributed by atoms with Gasteiger partial charge in [-0.15, -0.1) is 0 Å². The van der Waals surface area contributed by atoms with Gasteiger partial charge in [0.05, 0.1) is 0 Å². The zero-order chi connectivity index (χ0) is 13.9. The molecule has 96 valence electrons. The molecule has 1 aromatic rings. The van der Waals surface area contributed by atoms with Crippen LogP contribution in [-0.2, 0) is 9.59 Å². The van der Waals surface area contributed by atoms with Gasteiger partial charge in [-0.1, -0.05) is 18.5 Å². The number of ketones is 1. The maximum absolute atomic E-state index is 11.9. The van der Waals surface area contributed by atoms with E-state index in [4.69, 9.17) is 21.8 Å². The van der Waals surface area contributed by atoms with Gasteiger partial charge in [-0.25, -0.2) is 0 Å². The fourth-order valence-corrected chi connectivity index (χ4v) is 1.69. The Kier molecular flexibility index (Phi) is 4.44. The molecule has 1 atom stereocenters. The van der Waals surface area contributed by atoms with Crippen molar-refractivity contribution in [2.75, 3.05) is 0 Å². The van der Waals surface area contributed by atoms with Crippen molar-refractivity contribution in [2.45, 2.75) is 6.92 Å². The SMILES string of the molecule is C[C@H](C(=O)c1ccc(Cl)cc1)C(C(=O)O)C(=O)O. The maximum atomic E-state index is 11.9. The lowest BCUT2D eigenvalue weighted by molar-refractivity contribution is -0.156. The van der Waals surface area contributed by atoms with Crippen LogP contribution in [0, 0.1) is 11.8 Å². The molecule has 0 aliphatic rings. The summed E-state index contributed by atoms with van der Waals surface area (Å²) in [5.74, 6) is -6.51. The van der Waals surface area contributed by atoms with Gasteiger partial charge in [-0.2, -0.15) is 0 Å². The van der Waals surface area contributed by atoms with Crippen molar-refractivity contribution in [3.05, 3.63) is 34.9 Å². The molecule has 0 spiro atoms. The van der Waals surface area contributed by atoms with Gasteiger partial charge < -0.3 is 10.2 Å². The van der Waals surface area contributed by atoms with Crippen LogP contribution in [0.25, 0.3) is 0 Å². The van der Waals surface area contributed by atoms with Crippen molar-refractivity contribution in [1.82, 2.24) is 0 Å². The first-order chi connectivity index (χ1) is 8.34. The van der Waals surface area contributed by atoms with Crippen LogP contribution in [0.5, 0.6) is 0 Å². The van der Waals surface area contributed by atoms with Crippen molar-refractivity contribution in [1.29, 1.82) is 0 Å². The van der Waals surface area contributed by atoms with Gasteiger partial charge in [0.25, 0.3) is 0 Å². The summed E-state index contributed by atoms with van der Waals surface area (Å²) < 4.78 is 0. The largest absolute Gasteiger partial charge is 0.481 e. The number of carboxylic acid groups (broad SMARTS) is 2. The lowest BCUT2D eigenvalue weighted by Crippen LogP contribution is -2.34. The minimum atomic E-state index is -1.76. The van der Waals surface area contributed by atoms with Gasteiger partial charge in [0.15, 0.2) is 11.7 Å². The monoisotopic (exact) mass is 270 g/mol. The van der Waals surface area contributed by atoms with E-state index >= 15 is 0 Å². The van der Waals surface area contributed by atoms with E-state index in [2.05, 4.69) is 0 Å². The fourth-order valence-electron chi connectivity index (χ4n) is 1.56. The average molecular weight is 271 g/mol. The summed E-state index contributed by atoms with van der Waals surface area (Å²) in [4.78, 5) is 33.6. The predicted octanol–water partition coefficient (Wildman–Crippen LogP) is 1.94. The highest BCUT2D eigenvalue weighted by molar-refractivity contribution is 6.30. The molecule has 0 fully saturated rings. The zero-order valence-electron chi connectivity index (χ0n) is 9.46. The Balaban J connectivity index is 2.99. The van der Waals surface area contributed by atoms with Crippen LogP contribution in [0.15, 0.2) is 24.3 Å². The topological polar surface area (TPSA) is 91.7 Å². The highest BCUT2D eigenvalue weighted by Crippen LogP contribution is 2.20. The Hall–Kier alpha value is -1.88. The van der Waals surface area contributed by atoms with Crippen molar-refractivity contribution < 1.29 is 24.6 Å². The van der Waals surface area contributed by atoms with Gasteiger partial charge in [0.2, 0.25) is 0 Å². The zero-order valence-corrected chi connectivity index (χ0v) is 10.2. The first kappa shape index (κ1) is 14.2. The molecule has 0 aliphatic carbocycles. The molecule has 2 N–H and O–H groups in total. The molecule has 0 aromatic heterocycles. The molecule has 0 bridgehead atoms. The van der Waals surface area contributed by atoms with Gasteiger partial charge in [-0.05, 0) is 24.3 Å². The van der Waals surface area contributed by atoms with Crippen LogP contribution in [0.1, 0.15) is 17.3 Å². The number of Topliss-reactive ketones (excluding diaryl/α,β-unsaturated/α-hetero) is 1. The van der Waals surface area contributed by atoms with E-state index in [9.17, 15) is 14.4 Å². The fraction of sp³-hybridized carbons (Fsp3) is 0.250. The minimum Gasteiger partial charge on any atom is -0.481 e. The van der Waals surface area contributed by atoms with E-state index in [1.165, 1.54) is 31.2 Å². The third kappa shape index (κ3) is 3.07. The van der Waals surface area contributed by atoms with E-state index in [0.29, 0.717) is 5.02 Å². The molecule has 0 saturated carbocycles. The normalized spacial score (nSPS) is 12.2. The van der Waals surface area contributed by atoms with Gasteiger partial charge in [-0.3, -0.25) is 14.4 Å². The molecule has 1 aromatic carbocycles. The second kappa shape index (κ2) is 5.64. The first-order valence-corrected chi connectivity index (χ1v) is 5.47. The second-order valence-electron chi connectivity index (χ2n) is 3.81. The number of carbonyl (C=O) groups excluding carboxylic acids is 1. The summed E-state index contributed by atoms with van der Waals surface area (Å²) in [5, 5.41) is 18.0. The lowest BCUT2D eigenvalue weighted by atomic mass is 9.87. The van der Waals surface area contributed by atoms with Crippen LogP contribution in [0.4, 0.5) is 0 Å². The summed E-state index contributed by atoms with van der Waals surface area (Å²) in [6, 6.07) is 5.83. The van der Waals surface area contributed by atoms with E-state index in [1.807, 2.05) is 0 Å². The van der Waals surface area contributed by atoms with Gasteiger partial charge in [0, 0.05) is 16.5 Å². The molecule has 0 heterocycles. The Morgan fingerprint density at radius 2 is 1.50 bits per heavy atom. The summed E-state index contributed by atoms with van der Waals surface area (Å²) in [6.45, 7) is 1.28.